The van der Waals surface area contributed by atoms with Gasteiger partial charge >= 0.3 is 0 Å². The maximum absolute atomic E-state index is 5.91. The molecular formula is C11H16BrN3S. The van der Waals surface area contributed by atoms with Crippen molar-refractivity contribution in [1.29, 1.82) is 0 Å². The Morgan fingerprint density at radius 2 is 2.38 bits per heavy atom. The molecule has 0 amide bonds. The number of nitrogens with one attached hydrogen (secondary N) is 1. The van der Waals surface area contributed by atoms with Gasteiger partial charge < -0.3 is 11.1 Å². The van der Waals surface area contributed by atoms with Crippen LogP contribution in [-0.2, 0) is 0 Å². The highest BCUT2D eigenvalue weighted by Gasteiger charge is 2.24. The second-order valence-electron chi connectivity index (χ2n) is 4.10. The Balaban J connectivity index is 1.99. The molecule has 0 aromatic carbocycles. The maximum Gasteiger partial charge on any atom is 0.149 e. The summed E-state index contributed by atoms with van der Waals surface area (Å²) in [5.41, 5.74) is 6.62. The molecule has 0 spiro atoms. The van der Waals surface area contributed by atoms with E-state index in [9.17, 15) is 0 Å². The molecule has 3 nitrogen and oxygen atoms in total. The third kappa shape index (κ3) is 2.83. The van der Waals surface area contributed by atoms with Crippen LogP contribution in [0.25, 0.3) is 0 Å². The summed E-state index contributed by atoms with van der Waals surface area (Å²) in [4.78, 5) is 4.30. The number of rotatable bonds is 3. The van der Waals surface area contributed by atoms with Crippen molar-refractivity contribution in [2.24, 2.45) is 0 Å². The van der Waals surface area contributed by atoms with Gasteiger partial charge in [0, 0.05) is 22.0 Å². The Bertz CT molecular complexity index is 372. The molecule has 88 valence electrons. The fourth-order valence-electron chi connectivity index (χ4n) is 2.05. The lowest BCUT2D eigenvalue weighted by molar-refractivity contribution is 0.752. The fraction of sp³-hybridized carbons (Fsp3) is 0.545. The summed E-state index contributed by atoms with van der Waals surface area (Å²) < 4.78 is 0.920. The number of anilines is 2. The lowest BCUT2D eigenvalue weighted by Gasteiger charge is -2.15. The molecule has 1 aromatic heterocycles. The van der Waals surface area contributed by atoms with Crippen LogP contribution in [0.5, 0.6) is 0 Å². The fourth-order valence-corrected chi connectivity index (χ4v) is 3.20. The van der Waals surface area contributed by atoms with E-state index in [0.717, 1.165) is 15.5 Å². The topological polar surface area (TPSA) is 50.9 Å². The van der Waals surface area contributed by atoms with Gasteiger partial charge in [-0.3, -0.25) is 0 Å². The first kappa shape index (κ1) is 12.0. The van der Waals surface area contributed by atoms with Gasteiger partial charge in [0.15, 0.2) is 0 Å². The minimum atomic E-state index is 0.522. The lowest BCUT2D eigenvalue weighted by atomic mass is 10.2. The molecule has 1 fully saturated rings. The van der Waals surface area contributed by atoms with E-state index in [2.05, 4.69) is 32.5 Å². The van der Waals surface area contributed by atoms with Crippen LogP contribution in [-0.4, -0.2) is 22.5 Å². The van der Waals surface area contributed by atoms with E-state index >= 15 is 0 Å². The van der Waals surface area contributed by atoms with Gasteiger partial charge in [-0.2, -0.15) is 11.8 Å². The van der Waals surface area contributed by atoms with Crippen molar-refractivity contribution in [2.75, 3.05) is 17.3 Å². The molecule has 2 atom stereocenters. The lowest BCUT2D eigenvalue weighted by Crippen LogP contribution is -2.17. The molecule has 0 bridgehead atoms. The minimum absolute atomic E-state index is 0.522. The number of hydrogen-bond acceptors (Lipinski definition) is 4. The predicted molar refractivity (Wildman–Crippen MR) is 74.9 cm³/mol. The molecule has 1 aromatic rings. The minimum Gasteiger partial charge on any atom is -0.396 e. The Hall–Kier alpha value is -0.420. The summed E-state index contributed by atoms with van der Waals surface area (Å²) in [6.45, 7) is 0. The molecule has 1 heterocycles. The number of nitrogen functional groups attached to an aromatic ring is 1. The molecule has 2 rings (SSSR count). The van der Waals surface area contributed by atoms with Crippen LogP contribution in [0.2, 0.25) is 0 Å². The van der Waals surface area contributed by atoms with Crippen LogP contribution in [0.3, 0.4) is 0 Å². The number of nitrogens with two attached hydrogens (primary N) is 1. The Morgan fingerprint density at radius 3 is 3.00 bits per heavy atom. The molecule has 1 aliphatic rings. The Morgan fingerprint density at radius 1 is 1.56 bits per heavy atom. The number of hydrogen-bond donors (Lipinski definition) is 2. The highest BCUT2D eigenvalue weighted by molar-refractivity contribution is 9.10. The van der Waals surface area contributed by atoms with Gasteiger partial charge in [0.25, 0.3) is 0 Å². The second kappa shape index (κ2) is 5.27. The van der Waals surface area contributed by atoms with Gasteiger partial charge in [-0.25, -0.2) is 4.98 Å². The average molecular weight is 302 g/mol. The van der Waals surface area contributed by atoms with E-state index < -0.39 is 0 Å². The molecule has 0 aliphatic heterocycles. The van der Waals surface area contributed by atoms with Crippen molar-refractivity contribution in [3.63, 3.8) is 0 Å². The largest absolute Gasteiger partial charge is 0.396 e. The van der Waals surface area contributed by atoms with Crippen molar-refractivity contribution in [3.8, 4) is 0 Å². The zero-order chi connectivity index (χ0) is 11.5. The standard InChI is InChI=1S/C11H16BrN3S/c1-16-9-3-2-8(5-9)15-11-10(13)4-7(12)6-14-11/h4,6,8-9H,2-3,5,13H2,1H3,(H,14,15). The van der Waals surface area contributed by atoms with Gasteiger partial charge in [-0.1, -0.05) is 0 Å². The van der Waals surface area contributed by atoms with Crippen LogP contribution < -0.4 is 11.1 Å². The van der Waals surface area contributed by atoms with Gasteiger partial charge in [0.05, 0.1) is 5.69 Å². The Kier molecular flexibility index (Phi) is 3.97. The summed E-state index contributed by atoms with van der Waals surface area (Å²) in [5.74, 6) is 0.815. The van der Waals surface area contributed by atoms with Gasteiger partial charge in [-0.15, -0.1) is 0 Å². The zero-order valence-electron chi connectivity index (χ0n) is 9.24. The summed E-state index contributed by atoms with van der Waals surface area (Å²) in [5, 5.41) is 4.22. The number of aromatic nitrogens is 1. The number of pyridine rings is 1. The van der Waals surface area contributed by atoms with Crippen LogP contribution >= 0.6 is 27.7 Å². The SMILES string of the molecule is CSC1CCC(Nc2ncc(Br)cc2N)C1. The van der Waals surface area contributed by atoms with Crippen molar-refractivity contribution in [1.82, 2.24) is 4.98 Å². The summed E-state index contributed by atoms with van der Waals surface area (Å²) in [7, 11) is 0. The molecular weight excluding hydrogens is 286 g/mol. The van der Waals surface area contributed by atoms with Crippen molar-refractivity contribution < 1.29 is 0 Å². The van der Waals surface area contributed by atoms with Crippen molar-refractivity contribution in [2.45, 2.75) is 30.6 Å². The van der Waals surface area contributed by atoms with E-state index in [-0.39, 0.29) is 0 Å². The molecule has 1 saturated carbocycles. The summed E-state index contributed by atoms with van der Waals surface area (Å²) in [6, 6.07) is 2.41. The number of halogens is 1. The van der Waals surface area contributed by atoms with Crippen LogP contribution in [0.15, 0.2) is 16.7 Å². The third-order valence-corrected chi connectivity index (χ3v) is 4.47. The van der Waals surface area contributed by atoms with E-state index in [1.165, 1.54) is 19.3 Å². The molecule has 3 N–H and O–H groups in total. The van der Waals surface area contributed by atoms with Crippen LogP contribution in [0.1, 0.15) is 19.3 Å². The summed E-state index contributed by atoms with van der Waals surface area (Å²) in [6.07, 6.45) is 7.66. The monoisotopic (exact) mass is 301 g/mol. The van der Waals surface area contributed by atoms with Gasteiger partial charge in [0.1, 0.15) is 5.82 Å². The van der Waals surface area contributed by atoms with Crippen LogP contribution in [0.4, 0.5) is 11.5 Å². The molecule has 1 aliphatic carbocycles. The van der Waals surface area contributed by atoms with Crippen molar-refractivity contribution >= 4 is 39.2 Å². The van der Waals surface area contributed by atoms with E-state index in [1.54, 1.807) is 6.20 Å². The zero-order valence-corrected chi connectivity index (χ0v) is 11.6. The van der Waals surface area contributed by atoms with E-state index in [4.69, 9.17) is 5.73 Å². The highest BCUT2D eigenvalue weighted by atomic mass is 79.9. The average Bonchev–Trinajstić information content (AvgIpc) is 2.70. The normalized spacial score (nSPS) is 24.6. The van der Waals surface area contributed by atoms with E-state index in [1.807, 2.05) is 17.8 Å². The van der Waals surface area contributed by atoms with Gasteiger partial charge in [0.2, 0.25) is 0 Å². The maximum atomic E-state index is 5.91. The second-order valence-corrected chi connectivity index (χ2v) is 6.16. The first-order valence-corrected chi connectivity index (χ1v) is 7.47. The molecule has 5 heteroatoms. The van der Waals surface area contributed by atoms with Crippen molar-refractivity contribution in [3.05, 3.63) is 16.7 Å². The molecule has 2 unspecified atom stereocenters. The Labute approximate surface area is 109 Å². The van der Waals surface area contributed by atoms with E-state index in [0.29, 0.717) is 11.7 Å². The van der Waals surface area contributed by atoms with Gasteiger partial charge in [-0.05, 0) is 47.5 Å². The third-order valence-electron chi connectivity index (χ3n) is 2.94. The first-order chi connectivity index (χ1) is 7.69. The number of nitrogens with zero attached hydrogens (tertiary/aromatic N) is 1. The number of thioether (sulfide) groups is 1. The molecule has 16 heavy (non-hydrogen) atoms. The smallest absolute Gasteiger partial charge is 0.149 e. The molecule has 0 saturated heterocycles. The first-order valence-electron chi connectivity index (χ1n) is 5.39. The quantitative estimate of drug-likeness (QED) is 0.900. The highest BCUT2D eigenvalue weighted by Crippen LogP contribution is 2.31. The predicted octanol–water partition coefficient (Wildman–Crippen LogP) is 3.12. The molecule has 0 radical (unpaired) electrons. The summed E-state index contributed by atoms with van der Waals surface area (Å²) >= 11 is 5.31. The van der Waals surface area contributed by atoms with Crippen LogP contribution in [0, 0.1) is 0 Å².